The third-order valence-corrected chi connectivity index (χ3v) is 3.42. The molecule has 4 nitrogen and oxygen atoms in total. The van der Waals surface area contributed by atoms with Gasteiger partial charge in [-0.15, -0.1) is 0 Å². The van der Waals surface area contributed by atoms with Crippen LogP contribution >= 0.6 is 11.6 Å². The van der Waals surface area contributed by atoms with E-state index in [1.54, 1.807) is 18.2 Å². The molecule has 5 heteroatoms. The monoisotopic (exact) mass is 278 g/mol. The summed E-state index contributed by atoms with van der Waals surface area (Å²) in [6.07, 6.45) is 3.42. The van der Waals surface area contributed by atoms with Gasteiger partial charge in [0.15, 0.2) is 0 Å². The number of amides is 1. The van der Waals surface area contributed by atoms with Crippen molar-refractivity contribution in [1.29, 1.82) is 5.26 Å². The minimum Gasteiger partial charge on any atom is -0.378 e. The van der Waals surface area contributed by atoms with Gasteiger partial charge in [0.1, 0.15) is 0 Å². The Morgan fingerprint density at radius 2 is 2.42 bits per heavy atom. The van der Waals surface area contributed by atoms with Gasteiger partial charge >= 0.3 is 0 Å². The van der Waals surface area contributed by atoms with E-state index in [-0.39, 0.29) is 12.0 Å². The first kappa shape index (κ1) is 13.9. The fourth-order valence-electron chi connectivity index (χ4n) is 2.07. The third-order valence-electron chi connectivity index (χ3n) is 3.09. The van der Waals surface area contributed by atoms with Crippen LogP contribution in [0, 0.1) is 11.3 Å². The number of nitriles is 1. The number of nitrogens with one attached hydrogen (secondary N) is 1. The molecule has 1 fully saturated rings. The topological polar surface area (TPSA) is 62.1 Å². The maximum absolute atomic E-state index is 11.8. The number of ether oxygens (including phenoxy) is 1. The Hall–Kier alpha value is -1.57. The van der Waals surface area contributed by atoms with Crippen molar-refractivity contribution in [3.8, 4) is 6.07 Å². The summed E-state index contributed by atoms with van der Waals surface area (Å²) < 4.78 is 5.46. The molecule has 0 aliphatic carbocycles. The molecule has 1 aromatic rings. The number of halogens is 1. The summed E-state index contributed by atoms with van der Waals surface area (Å²) in [5, 5.41) is 12.0. The second-order valence-corrected chi connectivity index (χ2v) is 4.94. The van der Waals surface area contributed by atoms with E-state index in [0.29, 0.717) is 22.7 Å². The second kappa shape index (κ2) is 6.55. The molecule has 1 aliphatic heterocycles. The van der Waals surface area contributed by atoms with Crippen LogP contribution in [0.5, 0.6) is 0 Å². The van der Waals surface area contributed by atoms with Gasteiger partial charge in [-0.05, 0) is 37.5 Å². The quantitative estimate of drug-likeness (QED) is 0.920. The number of anilines is 1. The van der Waals surface area contributed by atoms with Crippen molar-refractivity contribution < 1.29 is 9.53 Å². The summed E-state index contributed by atoms with van der Waals surface area (Å²) in [7, 11) is 0. The standard InChI is InChI=1S/C14H15ClN2O2/c15-12-5-3-10(9-16)8-13(12)17-14(18)6-4-11-2-1-7-19-11/h3,5,8,11H,1-2,4,6-7H2,(H,17,18). The predicted octanol–water partition coefficient (Wildman–Crippen LogP) is 3.11. The second-order valence-electron chi connectivity index (χ2n) is 4.53. The van der Waals surface area contributed by atoms with E-state index >= 15 is 0 Å². The number of benzene rings is 1. The smallest absolute Gasteiger partial charge is 0.224 e. The summed E-state index contributed by atoms with van der Waals surface area (Å²) in [5.74, 6) is -0.104. The number of carbonyl (C=O) groups is 1. The fraction of sp³-hybridized carbons (Fsp3) is 0.429. The van der Waals surface area contributed by atoms with Crippen molar-refractivity contribution in [3.05, 3.63) is 28.8 Å². The predicted molar refractivity (Wildman–Crippen MR) is 73.0 cm³/mol. The van der Waals surface area contributed by atoms with E-state index in [9.17, 15) is 4.79 Å². The molecule has 1 atom stereocenters. The Bertz CT molecular complexity index is 505. The van der Waals surface area contributed by atoms with Gasteiger partial charge in [0.2, 0.25) is 5.91 Å². The van der Waals surface area contributed by atoms with Crippen molar-refractivity contribution in [1.82, 2.24) is 0 Å². The molecule has 1 amide bonds. The maximum atomic E-state index is 11.8. The molecule has 1 N–H and O–H groups in total. The molecule has 1 heterocycles. The first-order chi connectivity index (χ1) is 9.19. The summed E-state index contributed by atoms with van der Waals surface area (Å²) >= 11 is 5.98. The number of nitrogens with zero attached hydrogens (tertiary/aromatic N) is 1. The number of rotatable bonds is 4. The lowest BCUT2D eigenvalue weighted by Crippen LogP contribution is -2.15. The van der Waals surface area contributed by atoms with Gasteiger partial charge in [-0.3, -0.25) is 4.79 Å². The molecular weight excluding hydrogens is 264 g/mol. The van der Waals surface area contributed by atoms with E-state index in [2.05, 4.69) is 5.32 Å². The van der Waals surface area contributed by atoms with E-state index < -0.39 is 0 Å². The maximum Gasteiger partial charge on any atom is 0.224 e. The highest BCUT2D eigenvalue weighted by Gasteiger charge is 2.17. The summed E-state index contributed by atoms with van der Waals surface area (Å²) in [4.78, 5) is 11.8. The van der Waals surface area contributed by atoms with Gasteiger partial charge < -0.3 is 10.1 Å². The van der Waals surface area contributed by atoms with Crippen LogP contribution in [0.2, 0.25) is 5.02 Å². The average molecular weight is 279 g/mol. The molecule has 0 bridgehead atoms. The first-order valence-electron chi connectivity index (χ1n) is 6.30. The van der Waals surface area contributed by atoms with Gasteiger partial charge in [-0.1, -0.05) is 11.6 Å². The van der Waals surface area contributed by atoms with Crippen LogP contribution in [0.15, 0.2) is 18.2 Å². The van der Waals surface area contributed by atoms with Crippen LogP contribution in [0.3, 0.4) is 0 Å². The van der Waals surface area contributed by atoms with Gasteiger partial charge in [0.25, 0.3) is 0 Å². The summed E-state index contributed by atoms with van der Waals surface area (Å²) in [5.41, 5.74) is 0.955. The zero-order valence-electron chi connectivity index (χ0n) is 10.5. The molecule has 0 radical (unpaired) electrons. The fourth-order valence-corrected chi connectivity index (χ4v) is 2.23. The first-order valence-corrected chi connectivity index (χ1v) is 6.68. The SMILES string of the molecule is N#Cc1ccc(Cl)c(NC(=O)CCC2CCCO2)c1. The van der Waals surface area contributed by atoms with Crippen LogP contribution in [-0.2, 0) is 9.53 Å². The minimum atomic E-state index is -0.104. The van der Waals surface area contributed by atoms with Crippen LogP contribution in [0.1, 0.15) is 31.2 Å². The van der Waals surface area contributed by atoms with E-state index in [0.717, 1.165) is 25.9 Å². The normalized spacial score (nSPS) is 18.0. The van der Waals surface area contributed by atoms with Crippen molar-refractivity contribution in [2.45, 2.75) is 31.8 Å². The van der Waals surface area contributed by atoms with Crippen molar-refractivity contribution >= 4 is 23.2 Å². The van der Waals surface area contributed by atoms with Gasteiger partial charge in [-0.25, -0.2) is 0 Å². The van der Waals surface area contributed by atoms with Gasteiger partial charge in [0, 0.05) is 13.0 Å². The number of carbonyl (C=O) groups excluding carboxylic acids is 1. The molecule has 0 saturated carbocycles. The Balaban J connectivity index is 1.89. The molecule has 1 unspecified atom stereocenters. The highest BCUT2D eigenvalue weighted by Crippen LogP contribution is 2.23. The lowest BCUT2D eigenvalue weighted by Gasteiger charge is -2.10. The summed E-state index contributed by atoms with van der Waals surface area (Å²) in [6.45, 7) is 0.794. The van der Waals surface area contributed by atoms with E-state index in [1.165, 1.54) is 0 Å². The molecule has 1 aliphatic rings. The Morgan fingerprint density at radius 3 is 3.11 bits per heavy atom. The molecular formula is C14H15ClN2O2. The summed E-state index contributed by atoms with van der Waals surface area (Å²) in [6, 6.07) is 6.81. The molecule has 19 heavy (non-hydrogen) atoms. The van der Waals surface area contributed by atoms with Gasteiger partial charge in [0.05, 0.1) is 28.4 Å². The molecule has 0 aromatic heterocycles. The lowest BCUT2D eigenvalue weighted by atomic mass is 10.1. The Morgan fingerprint density at radius 1 is 1.58 bits per heavy atom. The van der Waals surface area contributed by atoms with Crippen molar-refractivity contribution in [2.24, 2.45) is 0 Å². The molecule has 1 saturated heterocycles. The highest BCUT2D eigenvalue weighted by molar-refractivity contribution is 6.33. The molecule has 100 valence electrons. The van der Waals surface area contributed by atoms with Crippen LogP contribution in [0.4, 0.5) is 5.69 Å². The molecule has 0 spiro atoms. The zero-order valence-corrected chi connectivity index (χ0v) is 11.2. The largest absolute Gasteiger partial charge is 0.378 e. The third kappa shape index (κ3) is 3.95. The van der Waals surface area contributed by atoms with Crippen LogP contribution in [0.25, 0.3) is 0 Å². The average Bonchev–Trinajstić information content (AvgIpc) is 2.92. The van der Waals surface area contributed by atoms with Crippen molar-refractivity contribution in [2.75, 3.05) is 11.9 Å². The molecule has 2 rings (SSSR count). The van der Waals surface area contributed by atoms with Gasteiger partial charge in [-0.2, -0.15) is 5.26 Å². The highest BCUT2D eigenvalue weighted by atomic mass is 35.5. The number of hydrogen-bond donors (Lipinski definition) is 1. The van der Waals surface area contributed by atoms with Crippen molar-refractivity contribution in [3.63, 3.8) is 0 Å². The zero-order chi connectivity index (χ0) is 13.7. The van der Waals surface area contributed by atoms with Crippen LogP contribution in [-0.4, -0.2) is 18.6 Å². The Labute approximate surface area is 117 Å². The minimum absolute atomic E-state index is 0.104. The number of hydrogen-bond acceptors (Lipinski definition) is 3. The van der Waals surface area contributed by atoms with E-state index in [4.69, 9.17) is 21.6 Å². The molecule has 1 aromatic carbocycles. The lowest BCUT2D eigenvalue weighted by molar-refractivity contribution is -0.116. The van der Waals surface area contributed by atoms with E-state index in [1.807, 2.05) is 6.07 Å². The van der Waals surface area contributed by atoms with Crippen LogP contribution < -0.4 is 5.32 Å². The Kier molecular flexibility index (Phi) is 4.78.